The first-order valence-electron chi connectivity index (χ1n) is 5.65. The number of likely N-dealkylation sites (tertiary alicyclic amines) is 1. The number of piperidine rings is 1. The number of carbonyl (C=O) groups excluding carboxylic acids is 1. The molecule has 0 bridgehead atoms. The maximum atomic E-state index is 11.4. The zero-order valence-corrected chi connectivity index (χ0v) is 9.33. The summed E-state index contributed by atoms with van der Waals surface area (Å²) in [5.74, 6) is 0.188. The van der Waals surface area contributed by atoms with E-state index in [1.54, 1.807) is 0 Å². The average molecular weight is 209 g/mol. The fraction of sp³-hybridized carbons (Fsp3) is 0.818. The average Bonchev–Trinajstić information content (AvgIpc) is 2.26. The van der Waals surface area contributed by atoms with E-state index < -0.39 is 0 Å². The molecule has 0 radical (unpaired) electrons. The minimum absolute atomic E-state index is 0.0791. The molecule has 0 saturated carbocycles. The Kier molecular flexibility index (Phi) is 5.13. The lowest BCUT2D eigenvalue weighted by molar-refractivity contribution is -0.122. The van der Waals surface area contributed by atoms with E-state index in [1.165, 1.54) is 0 Å². The summed E-state index contributed by atoms with van der Waals surface area (Å²) in [4.78, 5) is 13.5. The summed E-state index contributed by atoms with van der Waals surface area (Å²) in [5.41, 5.74) is 0. The van der Waals surface area contributed by atoms with Gasteiger partial charge in [0.2, 0.25) is 5.91 Å². The molecule has 1 heterocycles. The predicted molar refractivity (Wildman–Crippen MR) is 58.1 cm³/mol. The summed E-state index contributed by atoms with van der Waals surface area (Å²) in [6.07, 6.45) is 2.97. The van der Waals surface area contributed by atoms with Crippen molar-refractivity contribution in [3.8, 4) is 6.07 Å². The maximum Gasteiger partial charge on any atom is 0.234 e. The van der Waals surface area contributed by atoms with Gasteiger partial charge in [-0.15, -0.1) is 0 Å². The standard InChI is InChI=1S/C11H19N3O/c1-2-5-13-11(15)9-14-6-3-4-10(7-12)8-14/h10H,2-6,8-9H2,1H3,(H,13,15). The van der Waals surface area contributed by atoms with Gasteiger partial charge in [-0.1, -0.05) is 6.92 Å². The van der Waals surface area contributed by atoms with Gasteiger partial charge >= 0.3 is 0 Å². The van der Waals surface area contributed by atoms with Gasteiger partial charge in [0.05, 0.1) is 18.5 Å². The van der Waals surface area contributed by atoms with E-state index in [9.17, 15) is 4.79 Å². The van der Waals surface area contributed by atoms with Crippen LogP contribution < -0.4 is 5.32 Å². The van der Waals surface area contributed by atoms with Crippen LogP contribution in [0.3, 0.4) is 0 Å². The molecular formula is C11H19N3O. The van der Waals surface area contributed by atoms with Gasteiger partial charge in [-0.05, 0) is 25.8 Å². The third kappa shape index (κ3) is 4.30. The largest absolute Gasteiger partial charge is 0.355 e. The van der Waals surface area contributed by atoms with Gasteiger partial charge in [0.15, 0.2) is 0 Å². The number of amides is 1. The zero-order valence-electron chi connectivity index (χ0n) is 9.33. The third-order valence-corrected chi connectivity index (χ3v) is 2.63. The summed E-state index contributed by atoms with van der Waals surface area (Å²) >= 11 is 0. The first-order chi connectivity index (χ1) is 7.26. The molecule has 4 heteroatoms. The van der Waals surface area contributed by atoms with Crippen molar-refractivity contribution in [1.29, 1.82) is 5.26 Å². The number of nitrogens with zero attached hydrogens (tertiary/aromatic N) is 2. The number of rotatable bonds is 4. The molecule has 84 valence electrons. The molecule has 0 spiro atoms. The van der Waals surface area contributed by atoms with E-state index in [4.69, 9.17) is 5.26 Å². The summed E-state index contributed by atoms with van der Waals surface area (Å²) < 4.78 is 0. The van der Waals surface area contributed by atoms with Crippen molar-refractivity contribution in [2.24, 2.45) is 5.92 Å². The van der Waals surface area contributed by atoms with Crippen molar-refractivity contribution in [2.75, 3.05) is 26.2 Å². The Morgan fingerprint density at radius 3 is 3.13 bits per heavy atom. The van der Waals surface area contributed by atoms with Crippen molar-refractivity contribution < 1.29 is 4.79 Å². The number of carbonyl (C=O) groups is 1. The molecule has 1 saturated heterocycles. The van der Waals surface area contributed by atoms with Crippen molar-refractivity contribution in [1.82, 2.24) is 10.2 Å². The molecular weight excluding hydrogens is 190 g/mol. The summed E-state index contributed by atoms with van der Waals surface area (Å²) in [6, 6.07) is 2.28. The number of hydrogen-bond acceptors (Lipinski definition) is 3. The van der Waals surface area contributed by atoms with Crippen LogP contribution in [0.4, 0.5) is 0 Å². The Bertz CT molecular complexity index is 247. The lowest BCUT2D eigenvalue weighted by atomic mass is 10.00. The fourth-order valence-corrected chi connectivity index (χ4v) is 1.83. The van der Waals surface area contributed by atoms with Crippen LogP contribution >= 0.6 is 0 Å². The third-order valence-electron chi connectivity index (χ3n) is 2.63. The van der Waals surface area contributed by atoms with Crippen molar-refractivity contribution in [2.45, 2.75) is 26.2 Å². The second-order valence-corrected chi connectivity index (χ2v) is 4.05. The van der Waals surface area contributed by atoms with Crippen molar-refractivity contribution in [3.63, 3.8) is 0 Å². The zero-order chi connectivity index (χ0) is 11.1. The highest BCUT2D eigenvalue weighted by Crippen LogP contribution is 2.14. The lowest BCUT2D eigenvalue weighted by Gasteiger charge is -2.28. The number of nitriles is 1. The molecule has 4 nitrogen and oxygen atoms in total. The summed E-state index contributed by atoms with van der Waals surface area (Å²) in [5, 5.41) is 11.7. The molecule has 0 aromatic heterocycles. The molecule has 1 atom stereocenters. The van der Waals surface area contributed by atoms with Crippen LogP contribution in [0.5, 0.6) is 0 Å². The highest BCUT2D eigenvalue weighted by molar-refractivity contribution is 5.77. The first kappa shape index (κ1) is 12.0. The predicted octanol–water partition coefficient (Wildman–Crippen LogP) is 0.748. The second-order valence-electron chi connectivity index (χ2n) is 4.05. The Labute approximate surface area is 91.2 Å². The summed E-state index contributed by atoms with van der Waals surface area (Å²) in [7, 11) is 0. The number of nitrogens with one attached hydrogen (secondary N) is 1. The van der Waals surface area contributed by atoms with Crippen molar-refractivity contribution in [3.05, 3.63) is 0 Å². The normalized spacial score (nSPS) is 22.0. The highest BCUT2D eigenvalue weighted by atomic mass is 16.2. The van der Waals surface area contributed by atoms with Crippen LogP contribution in [0.25, 0.3) is 0 Å². The van der Waals surface area contributed by atoms with Gasteiger partial charge < -0.3 is 5.32 Å². The van der Waals surface area contributed by atoms with Crippen molar-refractivity contribution >= 4 is 5.91 Å². The lowest BCUT2D eigenvalue weighted by Crippen LogP contribution is -2.42. The Morgan fingerprint density at radius 2 is 2.47 bits per heavy atom. The SMILES string of the molecule is CCCNC(=O)CN1CCCC(C#N)C1. The van der Waals surface area contributed by atoms with E-state index in [0.29, 0.717) is 6.54 Å². The minimum atomic E-state index is 0.0791. The number of hydrogen-bond donors (Lipinski definition) is 1. The molecule has 0 aromatic rings. The highest BCUT2D eigenvalue weighted by Gasteiger charge is 2.20. The van der Waals surface area contributed by atoms with Gasteiger partial charge in [0.1, 0.15) is 0 Å². The molecule has 1 rings (SSSR count). The molecule has 1 aliphatic heterocycles. The van der Waals surface area contributed by atoms with E-state index in [2.05, 4.69) is 16.3 Å². The van der Waals surface area contributed by atoms with Crippen LogP contribution in [-0.4, -0.2) is 37.0 Å². The van der Waals surface area contributed by atoms with E-state index in [0.717, 1.165) is 38.9 Å². The minimum Gasteiger partial charge on any atom is -0.355 e. The molecule has 1 aliphatic rings. The van der Waals surface area contributed by atoms with E-state index in [-0.39, 0.29) is 11.8 Å². The van der Waals surface area contributed by atoms with Gasteiger partial charge in [-0.2, -0.15) is 5.26 Å². The Hall–Kier alpha value is -1.08. The molecule has 1 amide bonds. The van der Waals surface area contributed by atoms with E-state index in [1.807, 2.05) is 6.92 Å². The van der Waals surface area contributed by atoms with Crippen LogP contribution in [0.1, 0.15) is 26.2 Å². The molecule has 1 unspecified atom stereocenters. The molecule has 0 aromatic carbocycles. The van der Waals surface area contributed by atoms with Gasteiger partial charge in [-0.25, -0.2) is 0 Å². The van der Waals surface area contributed by atoms with Crippen LogP contribution in [0, 0.1) is 17.2 Å². The summed E-state index contributed by atoms with van der Waals surface area (Å²) in [6.45, 7) is 4.91. The second kappa shape index (κ2) is 6.41. The Balaban J connectivity index is 2.26. The molecule has 1 fully saturated rings. The quantitative estimate of drug-likeness (QED) is 0.743. The molecule has 0 aliphatic carbocycles. The van der Waals surface area contributed by atoms with Gasteiger partial charge in [-0.3, -0.25) is 9.69 Å². The topological polar surface area (TPSA) is 56.1 Å². The Morgan fingerprint density at radius 1 is 1.67 bits per heavy atom. The monoisotopic (exact) mass is 209 g/mol. The van der Waals surface area contributed by atoms with Crippen LogP contribution in [0.2, 0.25) is 0 Å². The van der Waals surface area contributed by atoms with E-state index >= 15 is 0 Å². The maximum absolute atomic E-state index is 11.4. The van der Waals surface area contributed by atoms with Crippen LogP contribution in [-0.2, 0) is 4.79 Å². The molecule has 15 heavy (non-hydrogen) atoms. The molecule has 1 N–H and O–H groups in total. The van der Waals surface area contributed by atoms with Crippen LogP contribution in [0.15, 0.2) is 0 Å². The van der Waals surface area contributed by atoms with Gasteiger partial charge in [0.25, 0.3) is 0 Å². The van der Waals surface area contributed by atoms with Gasteiger partial charge in [0, 0.05) is 13.1 Å². The smallest absolute Gasteiger partial charge is 0.234 e. The fourth-order valence-electron chi connectivity index (χ4n) is 1.83. The first-order valence-corrected chi connectivity index (χ1v) is 5.65.